The van der Waals surface area contributed by atoms with Crippen molar-refractivity contribution in [3.63, 3.8) is 0 Å². The van der Waals surface area contributed by atoms with Crippen LogP contribution in [0.2, 0.25) is 0 Å². The average molecular weight is 249 g/mol. The maximum atomic E-state index is 11.4. The van der Waals surface area contributed by atoms with Crippen molar-refractivity contribution in [3.05, 3.63) is 28.7 Å². The molecule has 84 valence electrons. The van der Waals surface area contributed by atoms with Crippen molar-refractivity contribution >= 4 is 34.6 Å². The minimum absolute atomic E-state index is 0.00792. The van der Waals surface area contributed by atoms with Gasteiger partial charge >= 0.3 is 5.97 Å². The number of amides is 2. The van der Waals surface area contributed by atoms with Gasteiger partial charge in [0, 0.05) is 12.4 Å². The molecule has 17 heavy (non-hydrogen) atoms. The third-order valence-corrected chi connectivity index (χ3v) is 2.99. The van der Waals surface area contributed by atoms with E-state index in [1.165, 1.54) is 12.4 Å². The highest BCUT2D eigenvalue weighted by Gasteiger charge is 2.38. The number of aromatic nitrogens is 2. The Balaban J connectivity index is 2.19. The molecule has 7 nitrogen and oxygen atoms in total. The fourth-order valence-corrected chi connectivity index (χ4v) is 2.16. The highest BCUT2D eigenvalue weighted by atomic mass is 32.2. The van der Waals surface area contributed by atoms with Crippen molar-refractivity contribution in [1.82, 2.24) is 15.3 Å². The number of cyclic esters (lactones) is 1. The van der Waals surface area contributed by atoms with Crippen molar-refractivity contribution < 1.29 is 19.1 Å². The van der Waals surface area contributed by atoms with Gasteiger partial charge in [-0.1, -0.05) is 0 Å². The number of carbonyl (C=O) groups excluding carboxylic acids is 3. The van der Waals surface area contributed by atoms with Crippen LogP contribution in [0.1, 0.15) is 16.2 Å². The number of fused-ring (bicyclic) bond motifs is 1. The molecule has 0 aliphatic carbocycles. The van der Waals surface area contributed by atoms with Gasteiger partial charge in [-0.3, -0.25) is 14.9 Å². The van der Waals surface area contributed by atoms with Crippen LogP contribution < -0.4 is 5.32 Å². The minimum Gasteiger partial charge on any atom is -0.418 e. The fourth-order valence-electron chi connectivity index (χ4n) is 1.46. The molecule has 1 saturated heterocycles. The topological polar surface area (TPSA) is 98.2 Å². The van der Waals surface area contributed by atoms with E-state index in [9.17, 15) is 14.4 Å². The van der Waals surface area contributed by atoms with Gasteiger partial charge in [0.05, 0.1) is 0 Å². The van der Waals surface area contributed by atoms with Gasteiger partial charge in [0.2, 0.25) is 0 Å². The second kappa shape index (κ2) is 3.39. The molecule has 0 spiro atoms. The van der Waals surface area contributed by atoms with E-state index in [4.69, 9.17) is 4.74 Å². The molecule has 3 heterocycles. The molecular formula is C9H3N3O4S. The zero-order chi connectivity index (χ0) is 12.0. The first-order valence-corrected chi connectivity index (χ1v) is 5.29. The number of rotatable bonds is 0. The lowest BCUT2D eigenvalue weighted by atomic mass is 10.3. The number of hydrogen-bond donors (Lipinski definition) is 1. The Morgan fingerprint density at radius 3 is 2.47 bits per heavy atom. The Morgan fingerprint density at radius 1 is 1.12 bits per heavy atom. The van der Waals surface area contributed by atoms with E-state index in [1.807, 2.05) is 0 Å². The van der Waals surface area contributed by atoms with E-state index in [1.54, 1.807) is 0 Å². The number of esters is 1. The number of hydrogen-bond acceptors (Lipinski definition) is 7. The number of thioether (sulfide) groups is 1. The normalized spacial score (nSPS) is 22.5. The third-order valence-electron chi connectivity index (χ3n) is 2.12. The lowest BCUT2D eigenvalue weighted by Crippen LogP contribution is -2.18. The third kappa shape index (κ3) is 1.41. The number of imide groups is 1. The molecule has 2 aliphatic heterocycles. The van der Waals surface area contributed by atoms with Gasteiger partial charge in [-0.25, -0.2) is 14.8 Å². The summed E-state index contributed by atoms with van der Waals surface area (Å²) in [6.07, 6.45) is 2.72. The van der Waals surface area contributed by atoms with Crippen LogP contribution >= 0.6 is 11.8 Å². The van der Waals surface area contributed by atoms with E-state index in [0.29, 0.717) is 11.8 Å². The van der Waals surface area contributed by atoms with Crippen LogP contribution in [0.4, 0.5) is 4.79 Å². The van der Waals surface area contributed by atoms with Crippen LogP contribution in [-0.4, -0.2) is 27.1 Å². The van der Waals surface area contributed by atoms with Crippen LogP contribution in [0.15, 0.2) is 17.3 Å². The maximum Gasteiger partial charge on any atom is 0.364 e. The molecule has 1 N–H and O–H groups in total. The summed E-state index contributed by atoms with van der Waals surface area (Å²) in [5, 5.41) is 1.57. The Morgan fingerprint density at radius 2 is 1.82 bits per heavy atom. The molecule has 3 rings (SSSR count). The molecule has 0 saturated carbocycles. The van der Waals surface area contributed by atoms with E-state index in [2.05, 4.69) is 15.3 Å². The Kier molecular flexibility index (Phi) is 1.99. The highest BCUT2D eigenvalue weighted by molar-refractivity contribution is 8.18. The molecule has 2 aliphatic rings. The first-order chi connectivity index (χ1) is 8.16. The summed E-state index contributed by atoms with van der Waals surface area (Å²) in [7, 11) is 0. The van der Waals surface area contributed by atoms with Crippen molar-refractivity contribution in [2.24, 2.45) is 0 Å². The van der Waals surface area contributed by atoms with Gasteiger partial charge < -0.3 is 4.74 Å². The zero-order valence-corrected chi connectivity index (χ0v) is 8.91. The van der Waals surface area contributed by atoms with Crippen LogP contribution in [0.5, 0.6) is 0 Å². The number of nitrogens with zero attached hydrogens (tertiary/aromatic N) is 2. The summed E-state index contributed by atoms with van der Waals surface area (Å²) in [4.78, 5) is 41.7. The quantitative estimate of drug-likeness (QED) is 0.521. The van der Waals surface area contributed by atoms with E-state index in [0.717, 1.165) is 0 Å². The lowest BCUT2D eigenvalue weighted by molar-refractivity contribution is -0.115. The van der Waals surface area contributed by atoms with E-state index >= 15 is 0 Å². The summed E-state index contributed by atoms with van der Waals surface area (Å²) in [6.45, 7) is 0. The predicted octanol–water partition coefficient (Wildman–Crippen LogP) is 0.299. The Labute approximate surface area is 98.3 Å². The van der Waals surface area contributed by atoms with Gasteiger partial charge in [0.1, 0.15) is 10.6 Å². The van der Waals surface area contributed by atoms with E-state index in [-0.39, 0.29) is 22.1 Å². The molecule has 1 fully saturated rings. The molecule has 0 aromatic carbocycles. The van der Waals surface area contributed by atoms with Crippen LogP contribution in [0.3, 0.4) is 0 Å². The highest BCUT2D eigenvalue weighted by Crippen LogP contribution is 2.36. The minimum atomic E-state index is -0.677. The molecule has 0 bridgehead atoms. The largest absolute Gasteiger partial charge is 0.418 e. The summed E-state index contributed by atoms with van der Waals surface area (Å²) >= 11 is 0.672. The fraction of sp³-hybridized carbons (Fsp3) is 0. The van der Waals surface area contributed by atoms with Crippen molar-refractivity contribution in [2.75, 3.05) is 0 Å². The maximum absolute atomic E-state index is 11.4. The average Bonchev–Trinajstić information content (AvgIpc) is 2.80. The standard InChI is InChI=1S/C9H3N3O4S/c13-7-6(17-9(15)12-7)5-3-4(8(14)16-5)11-2-1-10-3/h1-2H,(H,12,13,15). The van der Waals surface area contributed by atoms with Crippen LogP contribution in [0.25, 0.3) is 5.76 Å². The molecule has 1 aromatic rings. The second-order valence-corrected chi connectivity index (χ2v) is 4.13. The molecule has 0 unspecified atom stereocenters. The van der Waals surface area contributed by atoms with Crippen molar-refractivity contribution in [1.29, 1.82) is 0 Å². The zero-order valence-electron chi connectivity index (χ0n) is 8.09. The van der Waals surface area contributed by atoms with E-state index < -0.39 is 17.1 Å². The van der Waals surface area contributed by atoms with Gasteiger partial charge in [0.15, 0.2) is 11.5 Å². The van der Waals surface area contributed by atoms with Crippen molar-refractivity contribution in [2.45, 2.75) is 0 Å². The van der Waals surface area contributed by atoms with Gasteiger partial charge in [0.25, 0.3) is 11.1 Å². The molecule has 1 aromatic heterocycles. The summed E-state index contributed by atoms with van der Waals surface area (Å²) in [5.41, 5.74) is 0.229. The molecule has 2 amide bonds. The number of carbonyl (C=O) groups is 3. The first kappa shape index (κ1) is 9.97. The first-order valence-electron chi connectivity index (χ1n) is 4.48. The lowest BCUT2D eigenvalue weighted by Gasteiger charge is -1.98. The van der Waals surface area contributed by atoms with Crippen LogP contribution in [-0.2, 0) is 9.53 Å². The Bertz CT molecular complexity index is 610. The van der Waals surface area contributed by atoms with Crippen LogP contribution in [0, 0.1) is 0 Å². The van der Waals surface area contributed by atoms with Gasteiger partial charge in [-0.2, -0.15) is 0 Å². The monoisotopic (exact) mass is 249 g/mol. The molecule has 0 radical (unpaired) electrons. The predicted molar refractivity (Wildman–Crippen MR) is 55.5 cm³/mol. The second-order valence-electron chi connectivity index (χ2n) is 3.14. The van der Waals surface area contributed by atoms with Gasteiger partial charge in [-0.05, 0) is 11.8 Å². The number of ether oxygens (including phenoxy) is 1. The smallest absolute Gasteiger partial charge is 0.364 e. The molecule has 8 heteroatoms. The molecular weight excluding hydrogens is 246 g/mol. The Hall–Kier alpha value is -2.22. The summed E-state index contributed by atoms with van der Waals surface area (Å²) in [6, 6.07) is 0. The SMILES string of the molecule is O=C1NC(=O)C(=C2OC(=O)c3nccnc32)S1. The summed E-state index contributed by atoms with van der Waals surface area (Å²) < 4.78 is 4.92. The molecule has 0 atom stereocenters. The van der Waals surface area contributed by atoms with Gasteiger partial charge in [-0.15, -0.1) is 0 Å². The summed E-state index contributed by atoms with van der Waals surface area (Å²) in [5.74, 6) is -1.28. The van der Waals surface area contributed by atoms with Crippen molar-refractivity contribution in [3.8, 4) is 0 Å². The number of nitrogens with one attached hydrogen (secondary N) is 1.